The van der Waals surface area contributed by atoms with E-state index in [1.165, 1.54) is 6.07 Å². The van der Waals surface area contributed by atoms with Crippen LogP contribution >= 0.6 is 15.9 Å². The molecule has 0 bridgehead atoms. The number of benzene rings is 1. The van der Waals surface area contributed by atoms with E-state index in [0.717, 1.165) is 0 Å². The van der Waals surface area contributed by atoms with E-state index in [4.69, 9.17) is 0 Å². The lowest BCUT2D eigenvalue weighted by Crippen LogP contribution is -2.05. The van der Waals surface area contributed by atoms with Crippen LogP contribution in [0.2, 0.25) is 0 Å². The predicted octanol–water partition coefficient (Wildman–Crippen LogP) is 2.27. The fourth-order valence-electron chi connectivity index (χ4n) is 1.16. The molecule has 0 amide bonds. The molecule has 0 N–H and O–H groups in total. The molecule has 1 unspecified atom stereocenters. The van der Waals surface area contributed by atoms with E-state index < -0.39 is 10.8 Å². The maximum Gasteiger partial charge on any atom is 0.273 e. The molecule has 1 aromatic carbocycles. The Balaban J connectivity index is 3.18. The lowest BCUT2D eigenvalue weighted by molar-refractivity contribution is -0.385. The second kappa shape index (κ2) is 4.85. The van der Waals surface area contributed by atoms with Crippen molar-refractivity contribution in [3.05, 3.63) is 39.9 Å². The van der Waals surface area contributed by atoms with Gasteiger partial charge in [0.25, 0.3) is 5.69 Å². The van der Waals surface area contributed by atoms with Crippen molar-refractivity contribution >= 4 is 27.9 Å². The van der Waals surface area contributed by atoms with Crippen molar-refractivity contribution in [1.82, 2.24) is 0 Å². The molecule has 0 spiro atoms. The molecular formula is C9H8BrNO3. The molecule has 0 heterocycles. The second-order valence-corrected chi connectivity index (χ2v) is 3.36. The minimum absolute atomic E-state index is 0.0101. The van der Waals surface area contributed by atoms with Crippen LogP contribution in [0.25, 0.3) is 0 Å². The number of nitro benzene ring substituents is 1. The molecule has 14 heavy (non-hydrogen) atoms. The van der Waals surface area contributed by atoms with Gasteiger partial charge in [-0.2, -0.15) is 0 Å². The van der Waals surface area contributed by atoms with E-state index in [1.807, 2.05) is 0 Å². The van der Waals surface area contributed by atoms with Crippen LogP contribution in [0.15, 0.2) is 24.3 Å². The standard InChI is InChI=1S/C9H8BrNO3/c10-5-7(6-12)8-3-1-2-4-9(8)11(13)14/h1-4,6-7H,5H2. The quantitative estimate of drug-likeness (QED) is 0.360. The van der Waals surface area contributed by atoms with Crippen LogP contribution in [0.1, 0.15) is 11.5 Å². The molecule has 74 valence electrons. The number of rotatable bonds is 4. The van der Waals surface area contributed by atoms with Crippen molar-refractivity contribution < 1.29 is 9.72 Å². The Morgan fingerprint density at radius 3 is 2.64 bits per heavy atom. The molecule has 5 heteroatoms. The number of aldehydes is 1. The third kappa shape index (κ3) is 2.17. The first kappa shape index (κ1) is 10.8. The number of carbonyl (C=O) groups is 1. The van der Waals surface area contributed by atoms with Crippen molar-refractivity contribution in [1.29, 1.82) is 0 Å². The number of carbonyl (C=O) groups excluding carboxylic acids is 1. The number of alkyl halides is 1. The third-order valence-corrected chi connectivity index (χ3v) is 2.56. The zero-order valence-electron chi connectivity index (χ0n) is 7.22. The topological polar surface area (TPSA) is 60.2 Å². The highest BCUT2D eigenvalue weighted by atomic mass is 79.9. The number of hydrogen-bond donors (Lipinski definition) is 0. The smallest absolute Gasteiger partial charge is 0.273 e. The molecule has 0 saturated carbocycles. The molecule has 0 aromatic heterocycles. The summed E-state index contributed by atoms with van der Waals surface area (Å²) < 4.78 is 0. The number of hydrogen-bond acceptors (Lipinski definition) is 3. The number of para-hydroxylation sites is 1. The molecule has 0 saturated heterocycles. The van der Waals surface area contributed by atoms with E-state index >= 15 is 0 Å². The molecule has 0 aliphatic carbocycles. The molecule has 4 nitrogen and oxygen atoms in total. The van der Waals surface area contributed by atoms with Crippen LogP contribution in [-0.4, -0.2) is 16.5 Å². The Morgan fingerprint density at radius 1 is 1.50 bits per heavy atom. The fraction of sp³-hybridized carbons (Fsp3) is 0.222. The minimum atomic E-state index is -0.478. The summed E-state index contributed by atoms with van der Waals surface area (Å²) in [7, 11) is 0. The van der Waals surface area contributed by atoms with Crippen molar-refractivity contribution in [3.63, 3.8) is 0 Å². The zero-order chi connectivity index (χ0) is 10.6. The first-order valence-corrected chi connectivity index (χ1v) is 5.07. The SMILES string of the molecule is O=CC(CBr)c1ccccc1[N+](=O)[O-]. The first-order chi connectivity index (χ1) is 6.70. The van der Waals surface area contributed by atoms with E-state index in [1.54, 1.807) is 18.2 Å². The summed E-state index contributed by atoms with van der Waals surface area (Å²) in [5, 5.41) is 11.0. The van der Waals surface area contributed by atoms with Crippen LogP contribution in [0.4, 0.5) is 5.69 Å². The summed E-state index contributed by atoms with van der Waals surface area (Å²) in [6, 6.07) is 6.26. The summed E-state index contributed by atoms with van der Waals surface area (Å²) in [5.74, 6) is -0.461. The summed E-state index contributed by atoms with van der Waals surface area (Å²) in [5.41, 5.74) is 0.438. The fourth-order valence-corrected chi connectivity index (χ4v) is 1.66. The van der Waals surface area contributed by atoms with E-state index in [0.29, 0.717) is 17.2 Å². The largest absolute Gasteiger partial charge is 0.303 e. The van der Waals surface area contributed by atoms with Crippen molar-refractivity contribution in [2.24, 2.45) is 0 Å². The van der Waals surface area contributed by atoms with Gasteiger partial charge in [-0.15, -0.1) is 0 Å². The van der Waals surface area contributed by atoms with Gasteiger partial charge in [-0.3, -0.25) is 10.1 Å². The highest BCUT2D eigenvalue weighted by Gasteiger charge is 2.19. The Labute approximate surface area is 89.2 Å². The van der Waals surface area contributed by atoms with Crippen molar-refractivity contribution in [2.75, 3.05) is 5.33 Å². The summed E-state index contributed by atoms with van der Waals surface area (Å²) in [4.78, 5) is 20.8. The molecule has 0 aliphatic heterocycles. The van der Waals surface area contributed by atoms with Crippen LogP contribution in [-0.2, 0) is 4.79 Å². The van der Waals surface area contributed by atoms with Gasteiger partial charge in [-0.05, 0) is 0 Å². The lowest BCUT2D eigenvalue weighted by Gasteiger charge is -2.06. The van der Waals surface area contributed by atoms with E-state index in [2.05, 4.69) is 15.9 Å². The lowest BCUT2D eigenvalue weighted by atomic mass is 10.0. The van der Waals surface area contributed by atoms with Crippen LogP contribution in [0.5, 0.6) is 0 Å². The van der Waals surface area contributed by atoms with Gasteiger partial charge in [-0.25, -0.2) is 0 Å². The van der Waals surface area contributed by atoms with Gasteiger partial charge in [0.05, 0.1) is 10.8 Å². The second-order valence-electron chi connectivity index (χ2n) is 2.71. The molecule has 1 aromatic rings. The third-order valence-electron chi connectivity index (χ3n) is 1.86. The van der Waals surface area contributed by atoms with Crippen molar-refractivity contribution in [3.8, 4) is 0 Å². The molecular weight excluding hydrogens is 250 g/mol. The van der Waals surface area contributed by atoms with Gasteiger partial charge in [0, 0.05) is 17.0 Å². The highest BCUT2D eigenvalue weighted by Crippen LogP contribution is 2.26. The van der Waals surface area contributed by atoms with Crippen LogP contribution < -0.4 is 0 Å². The molecule has 1 rings (SSSR count). The summed E-state index contributed by atoms with van der Waals surface area (Å²) in [6.45, 7) is 0. The van der Waals surface area contributed by atoms with Crippen LogP contribution in [0, 0.1) is 10.1 Å². The zero-order valence-corrected chi connectivity index (χ0v) is 8.81. The van der Waals surface area contributed by atoms with Gasteiger partial charge < -0.3 is 4.79 Å². The van der Waals surface area contributed by atoms with Crippen LogP contribution in [0.3, 0.4) is 0 Å². The van der Waals surface area contributed by atoms with Gasteiger partial charge >= 0.3 is 0 Å². The van der Waals surface area contributed by atoms with E-state index in [9.17, 15) is 14.9 Å². The molecule has 0 fully saturated rings. The Bertz CT molecular complexity index is 354. The maximum atomic E-state index is 10.7. The number of nitrogens with zero attached hydrogens (tertiary/aromatic N) is 1. The average Bonchev–Trinajstić information content (AvgIpc) is 2.20. The van der Waals surface area contributed by atoms with Gasteiger partial charge in [-0.1, -0.05) is 34.1 Å². The minimum Gasteiger partial charge on any atom is -0.303 e. The van der Waals surface area contributed by atoms with Gasteiger partial charge in [0.1, 0.15) is 6.29 Å². The monoisotopic (exact) mass is 257 g/mol. The Hall–Kier alpha value is -1.23. The van der Waals surface area contributed by atoms with Crippen molar-refractivity contribution in [2.45, 2.75) is 5.92 Å². The predicted molar refractivity (Wildman–Crippen MR) is 55.7 cm³/mol. The van der Waals surface area contributed by atoms with E-state index in [-0.39, 0.29) is 5.69 Å². The molecule has 0 radical (unpaired) electrons. The Morgan fingerprint density at radius 2 is 2.14 bits per heavy atom. The van der Waals surface area contributed by atoms with Gasteiger partial charge in [0.2, 0.25) is 0 Å². The number of halogens is 1. The Kier molecular flexibility index (Phi) is 3.76. The summed E-state index contributed by atoms with van der Waals surface area (Å²) >= 11 is 3.14. The molecule has 1 atom stereocenters. The number of nitro groups is 1. The maximum absolute atomic E-state index is 10.7. The normalized spacial score (nSPS) is 12.1. The summed E-state index contributed by atoms with van der Waals surface area (Å²) in [6.07, 6.45) is 0.705. The average molecular weight is 258 g/mol. The van der Waals surface area contributed by atoms with Gasteiger partial charge in [0.15, 0.2) is 0 Å². The first-order valence-electron chi connectivity index (χ1n) is 3.95. The highest BCUT2D eigenvalue weighted by molar-refractivity contribution is 9.09. The molecule has 0 aliphatic rings.